The van der Waals surface area contributed by atoms with Gasteiger partial charge in [0, 0.05) is 98.4 Å². The monoisotopic (exact) mass is 1090 g/mol. The number of halogens is 7. The third-order valence-electron chi connectivity index (χ3n) is 14.8. The van der Waals surface area contributed by atoms with Gasteiger partial charge in [-0.25, -0.2) is 14.8 Å². The maximum atomic E-state index is 18.0. The molecule has 1 saturated carbocycles. The Bertz CT molecular complexity index is 2900. The molecule has 76 heavy (non-hydrogen) atoms. The van der Waals surface area contributed by atoms with E-state index in [4.69, 9.17) is 19.4 Å². The van der Waals surface area contributed by atoms with E-state index in [1.54, 1.807) is 52.3 Å². The normalized spacial score (nSPS) is 22.5. The second kappa shape index (κ2) is 22.3. The number of nitrogens with zero attached hydrogens (tertiary/aromatic N) is 7. The number of hydrogen-bond donors (Lipinski definition) is 2. The number of likely N-dealkylation sites (N-methyl/N-ethyl adjacent to an activating group) is 2. The van der Waals surface area contributed by atoms with Crippen LogP contribution in [0.15, 0.2) is 29.8 Å². The standard InChI is InChI=1S/C53H64F7N9O6S/c1-29(2)45(66(7)48(71)32-20-31(21-32)13-14-52(55,56)57)47(70)63-38-23-41-62-39(26-76-41)34-11-12-40-42(43(34)54)36(24-51(4,5)28-75-50(73)37-10-9-15-69(64-37)49(38)72)46(68(40)27-53(58,59)60)35-22-33(25-61-44(35)30(3)74-8)67-18-16-65(6)17-19-67/h11-12,22,25-26,29-32,37-38,45,64H,9-10,15-21,23-24,27-28H2,1-8H3,(H,63,70)/t30-,31?,32?,37-,38-,45-/m0/s1. The number of aromatic nitrogens is 3. The molecular weight excluding hydrogens is 1020 g/mol. The molecule has 3 aromatic heterocycles. The van der Waals surface area contributed by atoms with Gasteiger partial charge >= 0.3 is 18.3 Å². The summed E-state index contributed by atoms with van der Waals surface area (Å²) in [4.78, 5) is 71.8. The molecule has 3 aliphatic heterocycles. The molecule has 0 unspecified atom stereocenters. The van der Waals surface area contributed by atoms with Crippen LogP contribution < -0.4 is 15.6 Å². The Morgan fingerprint density at radius 2 is 1.76 bits per heavy atom. The smallest absolute Gasteiger partial charge is 0.457 e. The van der Waals surface area contributed by atoms with Crippen molar-refractivity contribution in [1.82, 2.24) is 40.1 Å². The zero-order valence-corrected chi connectivity index (χ0v) is 44.6. The van der Waals surface area contributed by atoms with Gasteiger partial charge in [0.05, 0.1) is 52.2 Å². The van der Waals surface area contributed by atoms with Crippen molar-refractivity contribution >= 4 is 51.6 Å². The number of thiazole rings is 1. The molecule has 3 amide bonds. The minimum atomic E-state index is -4.77. The van der Waals surface area contributed by atoms with Gasteiger partial charge in [-0.2, -0.15) is 26.3 Å². The van der Waals surface area contributed by atoms with E-state index in [0.29, 0.717) is 36.5 Å². The first-order valence-electron chi connectivity index (χ1n) is 25.4. The number of pyridine rings is 1. The molecule has 15 nitrogen and oxygen atoms in total. The number of benzene rings is 1. The lowest BCUT2D eigenvalue weighted by Gasteiger charge is -2.39. The largest absolute Gasteiger partial charge is 0.464 e. The van der Waals surface area contributed by atoms with Gasteiger partial charge in [-0.3, -0.25) is 29.2 Å². The van der Waals surface area contributed by atoms with Gasteiger partial charge in [-0.15, -0.1) is 11.3 Å². The Labute approximate surface area is 440 Å². The first kappa shape index (κ1) is 56.4. The molecule has 412 valence electrons. The van der Waals surface area contributed by atoms with Crippen LogP contribution >= 0.6 is 11.3 Å². The van der Waals surface area contributed by atoms with Crippen molar-refractivity contribution in [3.8, 4) is 34.4 Å². The van der Waals surface area contributed by atoms with Crippen molar-refractivity contribution in [2.24, 2.45) is 23.2 Å². The van der Waals surface area contributed by atoms with Gasteiger partial charge in [0.2, 0.25) is 11.8 Å². The average Bonchev–Trinajstić information content (AvgIpc) is 4.04. The number of piperazine rings is 1. The molecule has 6 bridgehead atoms. The third kappa shape index (κ3) is 12.5. The summed E-state index contributed by atoms with van der Waals surface area (Å²) in [7, 11) is 4.89. The summed E-state index contributed by atoms with van der Waals surface area (Å²) in [5, 5.41) is 5.79. The highest BCUT2D eigenvalue weighted by molar-refractivity contribution is 7.10. The van der Waals surface area contributed by atoms with Crippen LogP contribution in [0.4, 0.5) is 36.4 Å². The van der Waals surface area contributed by atoms with E-state index in [2.05, 4.69) is 26.5 Å². The molecule has 2 N–H and O–H groups in total. The van der Waals surface area contributed by atoms with Crippen LogP contribution in [0.5, 0.6) is 0 Å². The molecule has 1 aromatic carbocycles. The van der Waals surface area contributed by atoms with E-state index in [0.717, 1.165) is 29.0 Å². The summed E-state index contributed by atoms with van der Waals surface area (Å²) in [6.45, 7) is 9.81. The summed E-state index contributed by atoms with van der Waals surface area (Å²) in [5.74, 6) is -1.78. The van der Waals surface area contributed by atoms with Crippen LogP contribution in [-0.4, -0.2) is 144 Å². The molecule has 1 aliphatic carbocycles. The molecule has 6 heterocycles. The van der Waals surface area contributed by atoms with Gasteiger partial charge < -0.3 is 34.1 Å². The molecule has 8 rings (SSSR count). The second-order valence-corrected chi connectivity index (χ2v) is 22.5. The molecular formula is C53H64F7N9O6S. The maximum absolute atomic E-state index is 18.0. The number of carbonyl (C=O) groups is 4. The fourth-order valence-corrected chi connectivity index (χ4v) is 11.5. The highest BCUT2D eigenvalue weighted by atomic mass is 32.1. The van der Waals surface area contributed by atoms with Gasteiger partial charge in [0.1, 0.15) is 30.5 Å². The van der Waals surface area contributed by atoms with Crippen LogP contribution in [0.3, 0.4) is 0 Å². The lowest BCUT2D eigenvalue weighted by atomic mass is 9.74. The molecule has 4 atom stereocenters. The topological polar surface area (TPSA) is 154 Å². The Kier molecular flexibility index (Phi) is 16.5. The number of amides is 3. The lowest BCUT2D eigenvalue weighted by molar-refractivity contribution is -0.155. The SMILES string of the molecule is CO[C@@H](C)c1ncc(N2CCN(C)CC2)cc1-c1c2c3c(F)c(ccc3n1CC(F)(F)F)-c1csc(n1)C[C@H](NC(=O)[C@H](C(C)C)N(C)C(=O)C1CC(C#CC(F)(F)F)C1)C(=O)N1CCC[C@H](N1)C(=O)OCC(C)(C)C2. The Hall–Kier alpha value is -5.83. The molecule has 2 saturated heterocycles. The van der Waals surface area contributed by atoms with E-state index in [1.165, 1.54) is 42.1 Å². The first-order valence-corrected chi connectivity index (χ1v) is 26.3. The summed E-state index contributed by atoms with van der Waals surface area (Å²) >= 11 is 1.07. The number of carbonyl (C=O) groups excluding carboxylic acids is 4. The van der Waals surface area contributed by atoms with Gasteiger partial charge in [0.25, 0.3) is 5.91 Å². The Balaban J connectivity index is 1.22. The van der Waals surface area contributed by atoms with Gasteiger partial charge in [-0.05, 0) is 75.8 Å². The molecule has 0 spiro atoms. The number of ether oxygens (including phenoxy) is 2. The predicted molar refractivity (Wildman–Crippen MR) is 271 cm³/mol. The minimum absolute atomic E-state index is 0.0396. The van der Waals surface area contributed by atoms with Gasteiger partial charge in [0.15, 0.2) is 0 Å². The number of rotatable bonds is 10. The van der Waals surface area contributed by atoms with Crippen molar-refractivity contribution in [1.29, 1.82) is 0 Å². The number of fused-ring (bicyclic) bond motifs is 6. The fourth-order valence-electron chi connectivity index (χ4n) is 10.7. The van der Waals surface area contributed by atoms with Crippen molar-refractivity contribution in [3.05, 3.63) is 51.9 Å². The third-order valence-corrected chi connectivity index (χ3v) is 15.6. The van der Waals surface area contributed by atoms with Crippen LogP contribution in [-0.2, 0) is 48.0 Å². The molecule has 3 fully saturated rings. The van der Waals surface area contributed by atoms with E-state index < -0.39 is 95.8 Å². The van der Waals surface area contributed by atoms with Crippen molar-refractivity contribution in [2.45, 2.75) is 116 Å². The van der Waals surface area contributed by atoms with Gasteiger partial charge in [-0.1, -0.05) is 33.6 Å². The van der Waals surface area contributed by atoms with Crippen molar-refractivity contribution in [2.75, 3.05) is 65.4 Å². The second-order valence-electron chi connectivity index (χ2n) is 21.6. The summed E-state index contributed by atoms with van der Waals surface area (Å²) in [5.41, 5.74) is 3.61. The number of alkyl halides is 6. The number of nitrogens with one attached hydrogen (secondary N) is 2. The maximum Gasteiger partial charge on any atom is 0.457 e. The highest BCUT2D eigenvalue weighted by Crippen LogP contribution is 2.45. The lowest BCUT2D eigenvalue weighted by Crippen LogP contribution is -2.62. The minimum Gasteiger partial charge on any atom is -0.464 e. The zero-order valence-electron chi connectivity index (χ0n) is 43.8. The number of methoxy groups -OCH3 is 1. The summed E-state index contributed by atoms with van der Waals surface area (Å²) < 4.78 is 114. The number of hydrogen-bond acceptors (Lipinski definition) is 12. The molecule has 0 radical (unpaired) electrons. The molecule has 4 aromatic rings. The zero-order chi connectivity index (χ0) is 55.2. The molecule has 23 heteroatoms. The Morgan fingerprint density at radius 1 is 1.05 bits per heavy atom. The summed E-state index contributed by atoms with van der Waals surface area (Å²) in [6.07, 6.45) is -7.98. The quantitative estimate of drug-likeness (QED) is 0.0913. The number of cyclic esters (lactones) is 1. The number of esters is 1. The Morgan fingerprint density at radius 3 is 2.42 bits per heavy atom. The molecule has 4 aliphatic rings. The highest BCUT2D eigenvalue weighted by Gasteiger charge is 2.43. The summed E-state index contributed by atoms with van der Waals surface area (Å²) in [6, 6.07) is 1.08. The predicted octanol–water partition coefficient (Wildman–Crippen LogP) is 7.71. The average molecular weight is 1090 g/mol. The van der Waals surface area contributed by atoms with E-state index >= 15 is 17.6 Å². The van der Waals surface area contributed by atoms with E-state index in [-0.39, 0.29) is 83.7 Å². The fraction of sp³-hybridized carbons (Fsp3) is 0.585. The van der Waals surface area contributed by atoms with Crippen molar-refractivity contribution < 1.29 is 59.4 Å². The number of anilines is 1. The van der Waals surface area contributed by atoms with Crippen LogP contribution in [0, 0.1) is 40.8 Å². The van der Waals surface area contributed by atoms with Crippen LogP contribution in [0.2, 0.25) is 0 Å². The first-order chi connectivity index (χ1) is 35.7. The van der Waals surface area contributed by atoms with Crippen LogP contribution in [0.25, 0.3) is 33.4 Å². The van der Waals surface area contributed by atoms with Crippen molar-refractivity contribution in [3.63, 3.8) is 0 Å². The number of hydrazine groups is 1. The van der Waals surface area contributed by atoms with Crippen LogP contribution in [0.1, 0.15) is 82.7 Å². The van der Waals surface area contributed by atoms with E-state index in [9.17, 15) is 32.3 Å². The van der Waals surface area contributed by atoms with E-state index in [1.807, 2.05) is 7.05 Å².